The predicted octanol–water partition coefficient (Wildman–Crippen LogP) is 4.26. The molecule has 0 aromatic carbocycles. The lowest BCUT2D eigenvalue weighted by Crippen LogP contribution is -2.45. The van der Waals surface area contributed by atoms with Crippen molar-refractivity contribution >= 4 is 0 Å². The Kier molecular flexibility index (Phi) is 5.08. The fourth-order valence-corrected chi connectivity index (χ4v) is 4.08. The SMILES string of the molecule is CCOC(OCC)C1CC2CC(C(C)C)C1C=C2C. The average molecular weight is 266 g/mol. The van der Waals surface area contributed by atoms with Gasteiger partial charge in [-0.3, -0.25) is 0 Å². The van der Waals surface area contributed by atoms with E-state index in [0.29, 0.717) is 11.8 Å². The molecule has 110 valence electrons. The van der Waals surface area contributed by atoms with Gasteiger partial charge in [0.2, 0.25) is 0 Å². The molecule has 0 aromatic heterocycles. The van der Waals surface area contributed by atoms with Crippen molar-refractivity contribution < 1.29 is 9.47 Å². The lowest BCUT2D eigenvalue weighted by molar-refractivity contribution is -0.190. The summed E-state index contributed by atoms with van der Waals surface area (Å²) in [6, 6.07) is 0. The first-order chi connectivity index (χ1) is 9.08. The molecule has 4 atom stereocenters. The fourth-order valence-electron chi connectivity index (χ4n) is 4.08. The summed E-state index contributed by atoms with van der Waals surface area (Å²) in [5, 5.41) is 0. The Morgan fingerprint density at radius 3 is 2.16 bits per heavy atom. The van der Waals surface area contributed by atoms with Crippen molar-refractivity contribution in [1.82, 2.24) is 0 Å². The molecule has 3 rings (SSSR count). The third-order valence-electron chi connectivity index (χ3n) is 5.07. The number of rotatable bonds is 6. The second-order valence-electron chi connectivity index (χ2n) is 6.51. The third kappa shape index (κ3) is 3.05. The maximum atomic E-state index is 5.89. The van der Waals surface area contributed by atoms with E-state index >= 15 is 0 Å². The Hall–Kier alpha value is -0.340. The molecule has 2 bridgehead atoms. The van der Waals surface area contributed by atoms with Gasteiger partial charge >= 0.3 is 0 Å². The molecule has 0 spiro atoms. The molecule has 0 saturated heterocycles. The van der Waals surface area contributed by atoms with Crippen LogP contribution in [0.4, 0.5) is 0 Å². The number of fused-ring (bicyclic) bond motifs is 2. The van der Waals surface area contributed by atoms with E-state index in [1.54, 1.807) is 5.57 Å². The van der Waals surface area contributed by atoms with E-state index in [0.717, 1.165) is 31.0 Å². The minimum atomic E-state index is -0.00611. The van der Waals surface area contributed by atoms with Crippen molar-refractivity contribution in [3.63, 3.8) is 0 Å². The molecule has 19 heavy (non-hydrogen) atoms. The molecule has 1 fully saturated rings. The first-order valence-corrected chi connectivity index (χ1v) is 7.99. The Morgan fingerprint density at radius 1 is 1.11 bits per heavy atom. The molecule has 0 aliphatic heterocycles. The Labute approximate surface area is 118 Å². The average Bonchev–Trinajstić information content (AvgIpc) is 2.38. The number of ether oxygens (including phenoxy) is 2. The highest BCUT2D eigenvalue weighted by molar-refractivity contribution is 5.18. The molecule has 2 heteroatoms. The summed E-state index contributed by atoms with van der Waals surface area (Å²) < 4.78 is 11.8. The highest BCUT2D eigenvalue weighted by Gasteiger charge is 2.45. The first kappa shape index (κ1) is 15.1. The van der Waals surface area contributed by atoms with Gasteiger partial charge in [-0.15, -0.1) is 0 Å². The highest BCUT2D eigenvalue weighted by atomic mass is 16.7. The Morgan fingerprint density at radius 2 is 1.68 bits per heavy atom. The van der Waals surface area contributed by atoms with Crippen LogP contribution in [0.3, 0.4) is 0 Å². The maximum Gasteiger partial charge on any atom is 0.160 e. The normalized spacial score (nSPS) is 34.2. The zero-order valence-electron chi connectivity index (χ0n) is 13.2. The van der Waals surface area contributed by atoms with Crippen LogP contribution in [0.15, 0.2) is 11.6 Å². The molecule has 2 nitrogen and oxygen atoms in total. The van der Waals surface area contributed by atoms with Crippen LogP contribution in [-0.4, -0.2) is 19.5 Å². The summed E-state index contributed by atoms with van der Waals surface area (Å²) in [6.07, 6.45) is 5.14. The molecule has 4 unspecified atom stereocenters. The van der Waals surface area contributed by atoms with E-state index in [1.165, 1.54) is 12.8 Å². The van der Waals surface area contributed by atoms with Crippen LogP contribution < -0.4 is 0 Å². The summed E-state index contributed by atoms with van der Waals surface area (Å²) in [6.45, 7) is 12.6. The van der Waals surface area contributed by atoms with E-state index in [4.69, 9.17) is 9.47 Å². The van der Waals surface area contributed by atoms with Gasteiger partial charge in [0, 0.05) is 19.1 Å². The lowest BCUT2D eigenvalue weighted by atomic mass is 9.58. The van der Waals surface area contributed by atoms with Gasteiger partial charge in [-0.25, -0.2) is 0 Å². The number of hydrogen-bond donors (Lipinski definition) is 0. The van der Waals surface area contributed by atoms with Crippen molar-refractivity contribution in [2.75, 3.05) is 13.2 Å². The van der Waals surface area contributed by atoms with Gasteiger partial charge in [0.15, 0.2) is 6.29 Å². The molecule has 0 N–H and O–H groups in total. The molecule has 0 aromatic rings. The van der Waals surface area contributed by atoms with Crippen molar-refractivity contribution in [1.29, 1.82) is 0 Å². The Balaban J connectivity index is 2.17. The zero-order chi connectivity index (χ0) is 14.0. The third-order valence-corrected chi connectivity index (χ3v) is 5.07. The molecule has 0 heterocycles. The maximum absolute atomic E-state index is 5.89. The molecule has 3 aliphatic rings. The van der Waals surface area contributed by atoms with Crippen LogP contribution in [-0.2, 0) is 9.47 Å². The first-order valence-electron chi connectivity index (χ1n) is 7.99. The second kappa shape index (κ2) is 6.41. The van der Waals surface area contributed by atoms with E-state index in [-0.39, 0.29) is 6.29 Å². The summed E-state index contributed by atoms with van der Waals surface area (Å²) >= 11 is 0. The van der Waals surface area contributed by atoms with Gasteiger partial charge in [-0.05, 0) is 57.3 Å². The van der Waals surface area contributed by atoms with Crippen molar-refractivity contribution in [3.8, 4) is 0 Å². The number of allylic oxidation sites excluding steroid dienone is 2. The Bertz CT molecular complexity index is 315. The number of hydrogen-bond acceptors (Lipinski definition) is 2. The van der Waals surface area contributed by atoms with Crippen LogP contribution in [0.25, 0.3) is 0 Å². The van der Waals surface area contributed by atoms with Crippen molar-refractivity contribution in [2.45, 2.75) is 53.8 Å². The largest absolute Gasteiger partial charge is 0.353 e. The topological polar surface area (TPSA) is 18.5 Å². The molecule has 3 aliphatic carbocycles. The summed E-state index contributed by atoms with van der Waals surface area (Å²) in [5.74, 6) is 3.51. The molecule has 1 saturated carbocycles. The zero-order valence-corrected chi connectivity index (χ0v) is 13.2. The fraction of sp³-hybridized carbons (Fsp3) is 0.882. The van der Waals surface area contributed by atoms with E-state index in [9.17, 15) is 0 Å². The van der Waals surface area contributed by atoms with Crippen LogP contribution in [0.2, 0.25) is 0 Å². The van der Waals surface area contributed by atoms with Gasteiger partial charge in [0.05, 0.1) is 0 Å². The summed E-state index contributed by atoms with van der Waals surface area (Å²) in [4.78, 5) is 0. The molecular weight excluding hydrogens is 236 g/mol. The van der Waals surface area contributed by atoms with Gasteiger partial charge in [0.25, 0.3) is 0 Å². The van der Waals surface area contributed by atoms with Crippen molar-refractivity contribution in [2.24, 2.45) is 29.6 Å². The summed E-state index contributed by atoms with van der Waals surface area (Å²) in [5.41, 5.74) is 1.60. The monoisotopic (exact) mass is 266 g/mol. The highest BCUT2D eigenvalue weighted by Crippen LogP contribution is 2.51. The quantitative estimate of drug-likeness (QED) is 0.528. The van der Waals surface area contributed by atoms with Gasteiger partial charge in [-0.1, -0.05) is 25.5 Å². The molecule has 0 radical (unpaired) electrons. The van der Waals surface area contributed by atoms with Gasteiger partial charge in [-0.2, -0.15) is 0 Å². The predicted molar refractivity (Wildman–Crippen MR) is 78.8 cm³/mol. The standard InChI is InChI=1S/C17H30O2/c1-6-18-17(19-7-2)16-10-13-9-14(11(3)4)15(16)8-12(13)5/h8,11,13-17H,6-7,9-10H2,1-5H3. The minimum absolute atomic E-state index is 0.00611. The van der Waals surface area contributed by atoms with E-state index in [1.807, 2.05) is 0 Å². The second-order valence-corrected chi connectivity index (χ2v) is 6.51. The van der Waals surface area contributed by atoms with Crippen molar-refractivity contribution in [3.05, 3.63) is 11.6 Å². The van der Waals surface area contributed by atoms with E-state index in [2.05, 4.69) is 40.7 Å². The lowest BCUT2D eigenvalue weighted by Gasteiger charge is -2.49. The van der Waals surface area contributed by atoms with E-state index < -0.39 is 0 Å². The van der Waals surface area contributed by atoms with Gasteiger partial charge < -0.3 is 9.47 Å². The molecular formula is C17H30O2. The minimum Gasteiger partial charge on any atom is -0.353 e. The van der Waals surface area contributed by atoms with Crippen LogP contribution in [0, 0.1) is 29.6 Å². The van der Waals surface area contributed by atoms with Crippen LogP contribution >= 0.6 is 0 Å². The smallest absolute Gasteiger partial charge is 0.160 e. The molecule has 0 amide bonds. The summed E-state index contributed by atoms with van der Waals surface area (Å²) in [7, 11) is 0. The van der Waals surface area contributed by atoms with Gasteiger partial charge in [0.1, 0.15) is 0 Å². The van der Waals surface area contributed by atoms with Crippen LogP contribution in [0.1, 0.15) is 47.5 Å². The van der Waals surface area contributed by atoms with Crippen LogP contribution in [0.5, 0.6) is 0 Å².